The molecular formula is C17H17N3O3. The van der Waals surface area contributed by atoms with Crippen molar-refractivity contribution in [1.82, 2.24) is 15.2 Å². The molecule has 1 aliphatic rings. The Hall–Kier alpha value is -2.89. The number of H-pyrrole nitrogens is 1. The van der Waals surface area contributed by atoms with E-state index < -0.39 is 17.5 Å². The lowest BCUT2D eigenvalue weighted by Gasteiger charge is -2.25. The van der Waals surface area contributed by atoms with E-state index in [4.69, 9.17) is 0 Å². The van der Waals surface area contributed by atoms with Gasteiger partial charge in [-0.25, -0.2) is 4.79 Å². The molecule has 1 unspecified atom stereocenters. The second-order valence-corrected chi connectivity index (χ2v) is 5.45. The van der Waals surface area contributed by atoms with Crippen molar-refractivity contribution in [2.45, 2.75) is 18.9 Å². The Balaban J connectivity index is 1.89. The van der Waals surface area contributed by atoms with E-state index in [2.05, 4.69) is 10.3 Å². The molecule has 1 aliphatic heterocycles. The number of amides is 3. The monoisotopic (exact) mass is 311 g/mol. The number of carbonyl (C=O) groups is 3. The molecule has 118 valence electrons. The lowest BCUT2D eigenvalue weighted by atomic mass is 9.87. The SMILES string of the molecule is CCC1(c2ccccc2)NC(=O)N(CC(=O)c2ccc[nH]2)C1=O. The highest BCUT2D eigenvalue weighted by molar-refractivity contribution is 6.11. The molecule has 0 aliphatic carbocycles. The number of ketones is 1. The van der Waals surface area contributed by atoms with Crippen LogP contribution < -0.4 is 5.32 Å². The van der Waals surface area contributed by atoms with E-state index in [1.807, 2.05) is 25.1 Å². The molecule has 3 rings (SSSR count). The largest absolute Gasteiger partial charge is 0.359 e. The van der Waals surface area contributed by atoms with Gasteiger partial charge in [0.2, 0.25) is 0 Å². The number of nitrogens with zero attached hydrogens (tertiary/aromatic N) is 1. The van der Waals surface area contributed by atoms with Crippen molar-refractivity contribution >= 4 is 17.7 Å². The van der Waals surface area contributed by atoms with E-state index in [0.717, 1.165) is 10.5 Å². The van der Waals surface area contributed by atoms with Crippen molar-refractivity contribution in [3.63, 3.8) is 0 Å². The number of carbonyl (C=O) groups excluding carboxylic acids is 3. The van der Waals surface area contributed by atoms with E-state index in [9.17, 15) is 14.4 Å². The highest BCUT2D eigenvalue weighted by Crippen LogP contribution is 2.32. The van der Waals surface area contributed by atoms with Crippen molar-refractivity contribution in [3.8, 4) is 0 Å². The number of Topliss-reactive ketones (excluding diaryl/α,β-unsaturated/α-hetero) is 1. The summed E-state index contributed by atoms with van der Waals surface area (Å²) in [5.74, 6) is -0.699. The summed E-state index contributed by atoms with van der Waals surface area (Å²) in [5, 5.41) is 2.76. The second kappa shape index (κ2) is 5.72. The molecule has 1 saturated heterocycles. The molecule has 2 N–H and O–H groups in total. The number of urea groups is 1. The summed E-state index contributed by atoms with van der Waals surface area (Å²) < 4.78 is 0. The van der Waals surface area contributed by atoms with Crippen LogP contribution in [0.1, 0.15) is 29.4 Å². The van der Waals surface area contributed by atoms with Crippen molar-refractivity contribution in [2.75, 3.05) is 6.54 Å². The van der Waals surface area contributed by atoms with E-state index in [1.54, 1.807) is 30.5 Å². The number of benzene rings is 1. The molecule has 6 nitrogen and oxygen atoms in total. The van der Waals surface area contributed by atoms with Gasteiger partial charge in [-0.05, 0) is 24.1 Å². The molecule has 6 heteroatoms. The van der Waals surface area contributed by atoms with E-state index in [0.29, 0.717) is 12.1 Å². The van der Waals surface area contributed by atoms with Gasteiger partial charge in [0.1, 0.15) is 5.54 Å². The highest BCUT2D eigenvalue weighted by atomic mass is 16.2. The number of hydrogen-bond donors (Lipinski definition) is 2. The standard InChI is InChI=1S/C17H17N3O3/c1-2-17(12-7-4-3-5-8-12)15(22)20(16(23)19-17)11-14(21)13-9-6-10-18-13/h3-10,18H,2,11H2,1H3,(H,19,23). The summed E-state index contributed by atoms with van der Waals surface area (Å²) in [7, 11) is 0. The van der Waals surface area contributed by atoms with Crippen LogP contribution in [0, 0.1) is 0 Å². The molecule has 1 atom stereocenters. The highest BCUT2D eigenvalue weighted by Gasteiger charge is 2.51. The molecular weight excluding hydrogens is 294 g/mol. The summed E-state index contributed by atoms with van der Waals surface area (Å²) in [6, 6.07) is 11.9. The molecule has 2 aromatic rings. The zero-order valence-electron chi connectivity index (χ0n) is 12.7. The first-order chi connectivity index (χ1) is 11.1. The quantitative estimate of drug-likeness (QED) is 0.655. The number of aromatic nitrogens is 1. The lowest BCUT2D eigenvalue weighted by molar-refractivity contribution is -0.131. The van der Waals surface area contributed by atoms with Gasteiger partial charge < -0.3 is 10.3 Å². The molecule has 3 amide bonds. The Bertz CT molecular complexity index is 740. The van der Waals surface area contributed by atoms with Crippen LogP contribution in [0.4, 0.5) is 4.79 Å². The van der Waals surface area contributed by atoms with Crippen LogP contribution in [0.3, 0.4) is 0 Å². The van der Waals surface area contributed by atoms with E-state index in [-0.39, 0.29) is 12.3 Å². The predicted octanol–water partition coefficient (Wildman–Crippen LogP) is 2.05. The van der Waals surface area contributed by atoms with E-state index in [1.165, 1.54) is 0 Å². The third kappa shape index (κ3) is 2.42. The average Bonchev–Trinajstić information content (AvgIpc) is 3.19. The Morgan fingerprint density at radius 2 is 1.87 bits per heavy atom. The maximum absolute atomic E-state index is 12.9. The molecule has 1 aromatic carbocycles. The third-order valence-electron chi connectivity index (χ3n) is 4.17. The van der Waals surface area contributed by atoms with Gasteiger partial charge >= 0.3 is 6.03 Å². The van der Waals surface area contributed by atoms with Crippen LogP contribution in [0.2, 0.25) is 0 Å². The summed E-state index contributed by atoms with van der Waals surface area (Å²) in [4.78, 5) is 41.1. The minimum atomic E-state index is -1.10. The van der Waals surface area contributed by atoms with Gasteiger partial charge in [-0.15, -0.1) is 0 Å². The summed E-state index contributed by atoms with van der Waals surface area (Å²) in [6.07, 6.45) is 2.04. The molecule has 0 spiro atoms. The number of nitrogens with one attached hydrogen (secondary N) is 2. The molecule has 2 heterocycles. The van der Waals surface area contributed by atoms with Gasteiger partial charge in [0, 0.05) is 6.20 Å². The van der Waals surface area contributed by atoms with Crippen LogP contribution in [0.5, 0.6) is 0 Å². The summed E-state index contributed by atoms with van der Waals surface area (Å²) >= 11 is 0. The summed E-state index contributed by atoms with van der Waals surface area (Å²) in [5.41, 5.74) is -0.0102. The molecule has 0 radical (unpaired) electrons. The number of aromatic amines is 1. The maximum atomic E-state index is 12.9. The zero-order chi connectivity index (χ0) is 16.4. The first kappa shape index (κ1) is 15.0. The van der Waals surface area contributed by atoms with Crippen LogP contribution in [0.25, 0.3) is 0 Å². The first-order valence-corrected chi connectivity index (χ1v) is 7.44. The fraction of sp³-hybridized carbons (Fsp3) is 0.235. The molecule has 0 saturated carbocycles. The minimum absolute atomic E-state index is 0.278. The predicted molar refractivity (Wildman–Crippen MR) is 83.8 cm³/mol. The van der Waals surface area contributed by atoms with Crippen LogP contribution in [-0.2, 0) is 10.3 Å². The number of rotatable bonds is 5. The third-order valence-corrected chi connectivity index (χ3v) is 4.17. The molecule has 23 heavy (non-hydrogen) atoms. The number of imide groups is 1. The number of hydrogen-bond acceptors (Lipinski definition) is 3. The molecule has 0 bridgehead atoms. The van der Waals surface area contributed by atoms with Crippen LogP contribution >= 0.6 is 0 Å². The van der Waals surface area contributed by atoms with Crippen molar-refractivity contribution in [2.24, 2.45) is 0 Å². The van der Waals surface area contributed by atoms with Gasteiger partial charge in [-0.2, -0.15) is 0 Å². The Labute approximate surface area is 133 Å². The Kier molecular flexibility index (Phi) is 3.73. The zero-order valence-corrected chi connectivity index (χ0v) is 12.7. The van der Waals surface area contributed by atoms with Gasteiger partial charge in [0.05, 0.1) is 12.2 Å². The van der Waals surface area contributed by atoms with Crippen LogP contribution in [-0.4, -0.2) is 34.2 Å². The Morgan fingerprint density at radius 3 is 2.48 bits per heavy atom. The molecule has 1 fully saturated rings. The minimum Gasteiger partial charge on any atom is -0.359 e. The normalized spacial score (nSPS) is 20.7. The first-order valence-electron chi connectivity index (χ1n) is 7.44. The van der Waals surface area contributed by atoms with Gasteiger partial charge in [0.15, 0.2) is 5.78 Å². The topological polar surface area (TPSA) is 82.3 Å². The van der Waals surface area contributed by atoms with Gasteiger partial charge in [0.25, 0.3) is 5.91 Å². The summed E-state index contributed by atoms with van der Waals surface area (Å²) in [6.45, 7) is 1.56. The maximum Gasteiger partial charge on any atom is 0.325 e. The Morgan fingerprint density at radius 1 is 1.13 bits per heavy atom. The van der Waals surface area contributed by atoms with Gasteiger partial charge in [-0.1, -0.05) is 37.3 Å². The second-order valence-electron chi connectivity index (χ2n) is 5.45. The van der Waals surface area contributed by atoms with Gasteiger partial charge in [-0.3, -0.25) is 14.5 Å². The van der Waals surface area contributed by atoms with E-state index >= 15 is 0 Å². The van der Waals surface area contributed by atoms with Crippen molar-refractivity contribution in [3.05, 3.63) is 59.9 Å². The van der Waals surface area contributed by atoms with Crippen molar-refractivity contribution in [1.29, 1.82) is 0 Å². The smallest absolute Gasteiger partial charge is 0.325 e. The van der Waals surface area contributed by atoms with Crippen LogP contribution in [0.15, 0.2) is 48.7 Å². The molecule has 1 aromatic heterocycles. The lowest BCUT2D eigenvalue weighted by Crippen LogP contribution is -2.43. The van der Waals surface area contributed by atoms with Crippen molar-refractivity contribution < 1.29 is 14.4 Å². The average molecular weight is 311 g/mol. The fourth-order valence-electron chi connectivity index (χ4n) is 2.86. The fourth-order valence-corrected chi connectivity index (χ4v) is 2.86.